The molecule has 108 valence electrons. The number of hydrogen-bond acceptors (Lipinski definition) is 3. The summed E-state index contributed by atoms with van der Waals surface area (Å²) in [6, 6.07) is 14.7. The van der Waals surface area contributed by atoms with E-state index < -0.39 is 0 Å². The first kappa shape index (κ1) is 15.0. The van der Waals surface area contributed by atoms with Crippen molar-refractivity contribution in [1.29, 1.82) is 0 Å². The molecule has 0 saturated carbocycles. The Kier molecular flexibility index (Phi) is 4.90. The lowest BCUT2D eigenvalue weighted by Crippen LogP contribution is -2.25. The number of nitrogens with zero attached hydrogens (tertiary/aromatic N) is 1. The number of benzene rings is 2. The molecule has 0 radical (unpaired) electrons. The summed E-state index contributed by atoms with van der Waals surface area (Å²) in [7, 11) is 0. The second kappa shape index (κ2) is 6.85. The van der Waals surface area contributed by atoms with Gasteiger partial charge in [0.1, 0.15) is 5.75 Å². The van der Waals surface area contributed by atoms with Gasteiger partial charge in [0, 0.05) is 5.69 Å². The highest BCUT2D eigenvalue weighted by atomic mass is 32.1. The van der Waals surface area contributed by atoms with Gasteiger partial charge in [-0.2, -0.15) is 5.10 Å². The van der Waals surface area contributed by atoms with E-state index in [1.54, 1.807) is 24.3 Å². The number of nitrogens with one attached hydrogen (secondary N) is 2. The molecule has 0 aliphatic rings. The summed E-state index contributed by atoms with van der Waals surface area (Å²) in [5.74, 6) is 0.233. The van der Waals surface area contributed by atoms with Gasteiger partial charge in [0.25, 0.3) is 0 Å². The van der Waals surface area contributed by atoms with Crippen LogP contribution >= 0.6 is 12.2 Å². The molecule has 0 atom stereocenters. The number of aromatic hydroxyl groups is 1. The maximum absolute atomic E-state index is 9.26. The molecule has 3 N–H and O–H groups in total. The molecule has 2 aromatic rings. The minimum absolute atomic E-state index is 0.233. The number of rotatable bonds is 3. The van der Waals surface area contributed by atoms with E-state index in [4.69, 9.17) is 12.2 Å². The van der Waals surface area contributed by atoms with E-state index in [0.717, 1.165) is 22.5 Å². The van der Waals surface area contributed by atoms with E-state index >= 15 is 0 Å². The van der Waals surface area contributed by atoms with E-state index in [1.165, 1.54) is 0 Å². The summed E-state index contributed by atoms with van der Waals surface area (Å²) in [6.45, 7) is 3.88. The lowest BCUT2D eigenvalue weighted by Gasteiger charge is -2.10. The van der Waals surface area contributed by atoms with Gasteiger partial charge in [-0.15, -0.1) is 0 Å². The van der Waals surface area contributed by atoms with Crippen molar-refractivity contribution in [3.05, 3.63) is 59.7 Å². The largest absolute Gasteiger partial charge is 0.508 e. The van der Waals surface area contributed by atoms with Gasteiger partial charge in [-0.05, 0) is 67.5 Å². The summed E-state index contributed by atoms with van der Waals surface area (Å²) < 4.78 is 0. The number of phenolic OH excluding ortho intramolecular Hbond substituents is 1. The molecule has 0 spiro atoms. The van der Waals surface area contributed by atoms with Crippen molar-refractivity contribution in [3.63, 3.8) is 0 Å². The van der Waals surface area contributed by atoms with Gasteiger partial charge in [-0.1, -0.05) is 18.2 Å². The summed E-state index contributed by atoms with van der Waals surface area (Å²) in [4.78, 5) is 0. The second-order valence-electron chi connectivity index (χ2n) is 4.62. The van der Waals surface area contributed by atoms with Crippen molar-refractivity contribution >= 4 is 28.7 Å². The van der Waals surface area contributed by atoms with Crippen LogP contribution in [0.1, 0.15) is 18.1 Å². The number of hydrazone groups is 1. The Bertz CT molecular complexity index is 665. The number of para-hydroxylation sites is 1. The first-order valence-corrected chi connectivity index (χ1v) is 6.93. The summed E-state index contributed by atoms with van der Waals surface area (Å²) >= 11 is 5.22. The number of phenols is 1. The third kappa shape index (κ3) is 4.29. The molecule has 2 rings (SSSR count). The molecule has 0 fully saturated rings. The molecule has 0 unspecified atom stereocenters. The molecule has 0 aliphatic carbocycles. The number of anilines is 1. The molecule has 0 saturated heterocycles. The van der Waals surface area contributed by atoms with Gasteiger partial charge < -0.3 is 10.4 Å². The molecule has 5 heteroatoms. The Morgan fingerprint density at radius 2 is 1.76 bits per heavy atom. The molecule has 0 aliphatic heterocycles. The maximum atomic E-state index is 9.26. The van der Waals surface area contributed by atoms with Gasteiger partial charge in [-0.3, -0.25) is 5.43 Å². The van der Waals surface area contributed by atoms with E-state index in [9.17, 15) is 5.11 Å². The Labute approximate surface area is 129 Å². The van der Waals surface area contributed by atoms with Crippen LogP contribution in [0.3, 0.4) is 0 Å². The Balaban J connectivity index is 1.98. The van der Waals surface area contributed by atoms with Crippen molar-refractivity contribution in [2.45, 2.75) is 13.8 Å². The Hall–Kier alpha value is -2.40. The van der Waals surface area contributed by atoms with E-state index in [0.29, 0.717) is 5.11 Å². The first-order valence-electron chi connectivity index (χ1n) is 6.52. The zero-order chi connectivity index (χ0) is 15.2. The molecule has 0 bridgehead atoms. The molecule has 0 heterocycles. The van der Waals surface area contributed by atoms with Gasteiger partial charge >= 0.3 is 0 Å². The maximum Gasteiger partial charge on any atom is 0.191 e. The molecule has 0 aromatic heterocycles. The van der Waals surface area contributed by atoms with E-state index in [2.05, 4.69) is 15.8 Å². The molecular weight excluding hydrogens is 282 g/mol. The third-order valence-electron chi connectivity index (χ3n) is 3.00. The lowest BCUT2D eigenvalue weighted by molar-refractivity contribution is 0.475. The average molecular weight is 299 g/mol. The van der Waals surface area contributed by atoms with Gasteiger partial charge in [-0.25, -0.2) is 0 Å². The monoisotopic (exact) mass is 299 g/mol. The second-order valence-corrected chi connectivity index (χ2v) is 5.03. The van der Waals surface area contributed by atoms with Crippen LogP contribution in [0.5, 0.6) is 5.75 Å². The highest BCUT2D eigenvalue weighted by Crippen LogP contribution is 2.13. The summed E-state index contributed by atoms with van der Waals surface area (Å²) in [5.41, 5.74) is 6.58. The van der Waals surface area contributed by atoms with E-state index in [-0.39, 0.29) is 5.75 Å². The number of aryl methyl sites for hydroxylation is 1. The highest BCUT2D eigenvalue weighted by molar-refractivity contribution is 7.80. The van der Waals surface area contributed by atoms with Crippen molar-refractivity contribution in [1.82, 2.24) is 5.43 Å². The van der Waals surface area contributed by atoms with E-state index in [1.807, 2.05) is 38.1 Å². The van der Waals surface area contributed by atoms with Crippen LogP contribution in [0, 0.1) is 6.92 Å². The molecule has 2 aromatic carbocycles. The van der Waals surface area contributed by atoms with Crippen LogP contribution in [0.2, 0.25) is 0 Å². The van der Waals surface area contributed by atoms with Crippen LogP contribution < -0.4 is 10.7 Å². The first-order chi connectivity index (χ1) is 10.1. The Morgan fingerprint density at radius 1 is 1.10 bits per heavy atom. The van der Waals surface area contributed by atoms with Crippen LogP contribution in [0.4, 0.5) is 5.69 Å². The van der Waals surface area contributed by atoms with Crippen molar-refractivity contribution in [2.24, 2.45) is 5.10 Å². The van der Waals surface area contributed by atoms with Crippen LogP contribution in [-0.4, -0.2) is 15.9 Å². The molecule has 4 nitrogen and oxygen atoms in total. The zero-order valence-corrected chi connectivity index (χ0v) is 12.7. The zero-order valence-electron chi connectivity index (χ0n) is 11.9. The normalized spacial score (nSPS) is 11.0. The highest BCUT2D eigenvalue weighted by Gasteiger charge is 2.01. The molecular formula is C16H17N3OS. The minimum Gasteiger partial charge on any atom is -0.508 e. The minimum atomic E-state index is 0.233. The van der Waals surface area contributed by atoms with Crippen molar-refractivity contribution < 1.29 is 5.11 Å². The fourth-order valence-corrected chi connectivity index (χ4v) is 1.92. The summed E-state index contributed by atoms with van der Waals surface area (Å²) in [6.07, 6.45) is 0. The molecule has 0 amide bonds. The van der Waals surface area contributed by atoms with Crippen LogP contribution in [-0.2, 0) is 0 Å². The topological polar surface area (TPSA) is 56.7 Å². The fourth-order valence-electron chi connectivity index (χ4n) is 1.77. The van der Waals surface area contributed by atoms with Crippen molar-refractivity contribution in [3.8, 4) is 5.75 Å². The van der Waals surface area contributed by atoms with Gasteiger partial charge in [0.2, 0.25) is 0 Å². The summed E-state index contributed by atoms with van der Waals surface area (Å²) in [5, 5.41) is 17.0. The lowest BCUT2D eigenvalue weighted by atomic mass is 10.1. The fraction of sp³-hybridized carbons (Fsp3) is 0.125. The number of hydrogen-bond donors (Lipinski definition) is 3. The standard InChI is InChI=1S/C16H17N3OS/c1-11-5-3-4-6-15(11)17-16(21)19-18-12(2)13-7-9-14(20)10-8-13/h3-10,20H,1-2H3,(H2,17,19,21)/b18-12+. The van der Waals surface area contributed by atoms with Crippen molar-refractivity contribution in [2.75, 3.05) is 5.32 Å². The van der Waals surface area contributed by atoms with Crippen LogP contribution in [0.25, 0.3) is 0 Å². The van der Waals surface area contributed by atoms with Crippen LogP contribution in [0.15, 0.2) is 53.6 Å². The quantitative estimate of drug-likeness (QED) is 0.462. The smallest absolute Gasteiger partial charge is 0.191 e. The molecule has 21 heavy (non-hydrogen) atoms. The van der Waals surface area contributed by atoms with Gasteiger partial charge in [0.05, 0.1) is 5.71 Å². The predicted molar refractivity (Wildman–Crippen MR) is 90.9 cm³/mol. The third-order valence-corrected chi connectivity index (χ3v) is 3.20. The van der Waals surface area contributed by atoms with Gasteiger partial charge in [0.15, 0.2) is 5.11 Å². The average Bonchev–Trinajstić information content (AvgIpc) is 2.48. The number of thiocarbonyl (C=S) groups is 1. The Morgan fingerprint density at radius 3 is 2.43 bits per heavy atom. The SMILES string of the molecule is C/C(=N\NC(=S)Nc1ccccc1C)c1ccc(O)cc1. The predicted octanol–water partition coefficient (Wildman–Crippen LogP) is 3.41.